The molecule has 3 N–H and O–H groups in total. The fourth-order valence-electron chi connectivity index (χ4n) is 1.89. The van der Waals surface area contributed by atoms with Gasteiger partial charge in [0, 0.05) is 24.5 Å². The van der Waals surface area contributed by atoms with Crippen molar-refractivity contribution in [2.45, 2.75) is 20.4 Å². The maximum atomic E-state index is 11.8. The fraction of sp³-hybridized carbons (Fsp3) is 0.308. The van der Waals surface area contributed by atoms with E-state index in [4.69, 9.17) is 11.0 Å². The highest BCUT2D eigenvalue weighted by molar-refractivity contribution is 5.49. The summed E-state index contributed by atoms with van der Waals surface area (Å²) < 4.78 is 1.56. The second kappa shape index (κ2) is 6.00. The third-order valence-corrected chi connectivity index (χ3v) is 2.90. The molecule has 0 fully saturated rings. The number of aromatic nitrogens is 4. The molecule has 2 aromatic rings. The van der Waals surface area contributed by atoms with Crippen LogP contribution < -0.4 is 16.7 Å². The van der Waals surface area contributed by atoms with Gasteiger partial charge in [-0.05, 0) is 19.9 Å². The number of rotatable bonds is 4. The molecule has 0 aromatic carbocycles. The predicted octanol–water partition coefficient (Wildman–Crippen LogP) is 0.216. The van der Waals surface area contributed by atoms with Crippen molar-refractivity contribution in [3.8, 4) is 6.07 Å². The molecule has 0 aliphatic carbocycles. The van der Waals surface area contributed by atoms with Crippen molar-refractivity contribution in [3.63, 3.8) is 0 Å². The zero-order chi connectivity index (χ0) is 15.4. The molecular formula is C13H15N7O. The van der Waals surface area contributed by atoms with Crippen LogP contribution in [0.3, 0.4) is 0 Å². The zero-order valence-corrected chi connectivity index (χ0v) is 11.8. The molecule has 0 unspecified atom stereocenters. The highest BCUT2D eigenvalue weighted by Crippen LogP contribution is 2.08. The van der Waals surface area contributed by atoms with Gasteiger partial charge in [0.05, 0.1) is 6.20 Å². The summed E-state index contributed by atoms with van der Waals surface area (Å²) in [4.78, 5) is 23.6. The van der Waals surface area contributed by atoms with Gasteiger partial charge in [-0.25, -0.2) is 9.78 Å². The molecule has 2 rings (SSSR count). The summed E-state index contributed by atoms with van der Waals surface area (Å²) in [6.07, 6.45) is 1.36. The fourth-order valence-corrected chi connectivity index (χ4v) is 1.89. The lowest BCUT2D eigenvalue weighted by atomic mass is 10.3. The van der Waals surface area contributed by atoms with Gasteiger partial charge in [-0.2, -0.15) is 15.2 Å². The van der Waals surface area contributed by atoms with Crippen LogP contribution in [0.1, 0.15) is 17.0 Å². The van der Waals surface area contributed by atoms with Crippen molar-refractivity contribution >= 4 is 11.8 Å². The molecular weight excluding hydrogens is 270 g/mol. The Kier molecular flexibility index (Phi) is 4.13. The van der Waals surface area contributed by atoms with Gasteiger partial charge < -0.3 is 11.1 Å². The highest BCUT2D eigenvalue weighted by atomic mass is 16.1. The largest absolute Gasteiger partial charge is 0.382 e. The molecule has 0 spiro atoms. The number of hydrogen-bond donors (Lipinski definition) is 2. The van der Waals surface area contributed by atoms with E-state index in [-0.39, 0.29) is 17.1 Å². The normalized spacial score (nSPS) is 10.1. The third kappa shape index (κ3) is 3.33. The zero-order valence-electron chi connectivity index (χ0n) is 11.8. The van der Waals surface area contributed by atoms with Crippen LogP contribution in [0.4, 0.5) is 11.8 Å². The van der Waals surface area contributed by atoms with E-state index in [1.54, 1.807) is 11.5 Å². The van der Waals surface area contributed by atoms with Gasteiger partial charge in [-0.3, -0.25) is 4.57 Å². The SMILES string of the molecule is Cc1cc(C)n(CCNc2ncc(C#N)c(N)n2)c(=O)n1. The Hall–Kier alpha value is -2.95. The molecule has 0 amide bonds. The average Bonchev–Trinajstić information content (AvgIpc) is 2.42. The van der Waals surface area contributed by atoms with Crippen molar-refractivity contribution in [2.24, 2.45) is 0 Å². The molecule has 0 aliphatic rings. The minimum Gasteiger partial charge on any atom is -0.382 e. The molecule has 0 saturated heterocycles. The van der Waals surface area contributed by atoms with E-state index < -0.39 is 0 Å². The third-order valence-electron chi connectivity index (χ3n) is 2.90. The van der Waals surface area contributed by atoms with Crippen molar-refractivity contribution in [1.29, 1.82) is 5.26 Å². The quantitative estimate of drug-likeness (QED) is 0.823. The summed E-state index contributed by atoms with van der Waals surface area (Å²) in [6.45, 7) is 4.51. The Balaban J connectivity index is 2.04. The Bertz CT molecular complexity index is 760. The first-order chi connectivity index (χ1) is 10.0. The Morgan fingerprint density at radius 2 is 2.19 bits per heavy atom. The van der Waals surface area contributed by atoms with Gasteiger partial charge in [0.1, 0.15) is 17.5 Å². The van der Waals surface area contributed by atoms with Gasteiger partial charge in [-0.15, -0.1) is 0 Å². The molecule has 0 aliphatic heterocycles. The smallest absolute Gasteiger partial charge is 0.348 e. The van der Waals surface area contributed by atoms with E-state index in [1.165, 1.54) is 6.20 Å². The number of nitrogens with two attached hydrogens (primary N) is 1. The Labute approximate surface area is 121 Å². The van der Waals surface area contributed by atoms with Gasteiger partial charge in [-0.1, -0.05) is 0 Å². The molecule has 8 nitrogen and oxygen atoms in total. The van der Waals surface area contributed by atoms with Gasteiger partial charge >= 0.3 is 5.69 Å². The van der Waals surface area contributed by atoms with Gasteiger partial charge in [0.25, 0.3) is 0 Å². The molecule has 2 aromatic heterocycles. The summed E-state index contributed by atoms with van der Waals surface area (Å²) in [6, 6.07) is 3.74. The van der Waals surface area contributed by atoms with E-state index in [2.05, 4.69) is 20.3 Å². The Morgan fingerprint density at radius 3 is 2.81 bits per heavy atom. The van der Waals surface area contributed by atoms with E-state index in [9.17, 15) is 4.79 Å². The predicted molar refractivity (Wildman–Crippen MR) is 77.6 cm³/mol. The number of nitriles is 1. The van der Waals surface area contributed by atoms with Crippen molar-refractivity contribution < 1.29 is 0 Å². The lowest BCUT2D eigenvalue weighted by Crippen LogP contribution is -2.28. The first kappa shape index (κ1) is 14.5. The highest BCUT2D eigenvalue weighted by Gasteiger charge is 2.05. The monoisotopic (exact) mass is 285 g/mol. The average molecular weight is 285 g/mol. The number of aryl methyl sites for hydroxylation is 2. The second-order valence-electron chi connectivity index (χ2n) is 4.50. The minimum atomic E-state index is -0.283. The van der Waals surface area contributed by atoms with Crippen LogP contribution in [0.5, 0.6) is 0 Å². The molecule has 0 bridgehead atoms. The second-order valence-corrected chi connectivity index (χ2v) is 4.50. The van der Waals surface area contributed by atoms with Gasteiger partial charge in [0.15, 0.2) is 0 Å². The number of nitrogens with one attached hydrogen (secondary N) is 1. The topological polar surface area (TPSA) is 123 Å². The van der Waals surface area contributed by atoms with Crippen molar-refractivity contribution in [1.82, 2.24) is 19.5 Å². The van der Waals surface area contributed by atoms with Crippen molar-refractivity contribution in [3.05, 3.63) is 39.7 Å². The summed E-state index contributed by atoms with van der Waals surface area (Å²) in [7, 11) is 0. The number of anilines is 2. The van der Waals surface area contributed by atoms with Crippen LogP contribution in [0.25, 0.3) is 0 Å². The molecule has 21 heavy (non-hydrogen) atoms. The van der Waals surface area contributed by atoms with Crippen LogP contribution >= 0.6 is 0 Å². The molecule has 2 heterocycles. The van der Waals surface area contributed by atoms with E-state index in [1.807, 2.05) is 19.1 Å². The van der Waals surface area contributed by atoms with E-state index >= 15 is 0 Å². The number of hydrogen-bond acceptors (Lipinski definition) is 7. The lowest BCUT2D eigenvalue weighted by Gasteiger charge is -2.10. The van der Waals surface area contributed by atoms with Crippen LogP contribution in [0.2, 0.25) is 0 Å². The number of nitrogens with zero attached hydrogens (tertiary/aromatic N) is 5. The number of nitrogen functional groups attached to an aromatic ring is 1. The standard InChI is InChI=1S/C13H15N7O/c1-8-5-9(2)20(13(21)18-8)4-3-16-12-17-7-10(6-14)11(15)19-12/h5,7H,3-4H2,1-2H3,(H3,15,16,17,19). The van der Waals surface area contributed by atoms with Crippen molar-refractivity contribution in [2.75, 3.05) is 17.6 Å². The Morgan fingerprint density at radius 1 is 1.43 bits per heavy atom. The van der Waals surface area contributed by atoms with Crippen LogP contribution in [0.15, 0.2) is 17.1 Å². The molecule has 0 saturated carbocycles. The maximum Gasteiger partial charge on any atom is 0.348 e. The van der Waals surface area contributed by atoms with Gasteiger partial charge in [0.2, 0.25) is 5.95 Å². The van der Waals surface area contributed by atoms with Crippen LogP contribution in [0, 0.1) is 25.2 Å². The minimum absolute atomic E-state index is 0.125. The molecule has 0 atom stereocenters. The summed E-state index contributed by atoms with van der Waals surface area (Å²) >= 11 is 0. The molecule has 0 radical (unpaired) electrons. The first-order valence-electron chi connectivity index (χ1n) is 6.33. The lowest BCUT2D eigenvalue weighted by molar-refractivity contribution is 0.646. The summed E-state index contributed by atoms with van der Waals surface area (Å²) in [5.41, 5.74) is 7.09. The molecule has 108 valence electrons. The van der Waals surface area contributed by atoms with Crippen LogP contribution in [-0.2, 0) is 6.54 Å². The van der Waals surface area contributed by atoms with E-state index in [0.717, 1.165) is 5.69 Å². The molecule has 8 heteroatoms. The van der Waals surface area contributed by atoms with E-state index in [0.29, 0.717) is 24.7 Å². The first-order valence-corrected chi connectivity index (χ1v) is 6.33. The summed E-state index contributed by atoms with van der Waals surface area (Å²) in [5.74, 6) is 0.442. The summed E-state index contributed by atoms with van der Waals surface area (Å²) in [5, 5.41) is 11.7. The maximum absolute atomic E-state index is 11.8. The van der Waals surface area contributed by atoms with Crippen LogP contribution in [-0.4, -0.2) is 26.1 Å².